The third-order valence-electron chi connectivity index (χ3n) is 4.72. The van der Waals surface area contributed by atoms with Crippen LogP contribution in [0.5, 0.6) is 5.75 Å². The predicted molar refractivity (Wildman–Crippen MR) is 95.3 cm³/mol. The van der Waals surface area contributed by atoms with E-state index in [-0.39, 0.29) is 35.1 Å². The Balaban J connectivity index is 0.00000300. The molecular formula is C20H21NaO8. The molecule has 0 spiro atoms. The van der Waals surface area contributed by atoms with Crippen molar-refractivity contribution in [2.24, 2.45) is 0 Å². The van der Waals surface area contributed by atoms with Crippen LogP contribution in [0.3, 0.4) is 0 Å². The molecule has 4 N–H and O–H groups in total. The molecule has 2 aromatic rings. The van der Waals surface area contributed by atoms with E-state index in [4.69, 9.17) is 9.47 Å². The molecule has 0 amide bonds. The number of rotatable bonds is 5. The maximum absolute atomic E-state index is 10.8. The van der Waals surface area contributed by atoms with Crippen LogP contribution in [-0.2, 0) is 4.74 Å². The van der Waals surface area contributed by atoms with Crippen molar-refractivity contribution < 1.29 is 69.4 Å². The van der Waals surface area contributed by atoms with Crippen LogP contribution < -0.4 is 39.4 Å². The average Bonchev–Trinajstić information content (AvgIpc) is 2.69. The number of carboxylic acids is 1. The smallest absolute Gasteiger partial charge is 0.545 e. The van der Waals surface area contributed by atoms with Crippen LogP contribution in [0.4, 0.5) is 0 Å². The zero-order valence-electron chi connectivity index (χ0n) is 16.1. The van der Waals surface area contributed by atoms with Crippen molar-refractivity contribution in [2.75, 3.05) is 6.61 Å². The van der Waals surface area contributed by atoms with Gasteiger partial charge in [0, 0.05) is 0 Å². The van der Waals surface area contributed by atoms with Gasteiger partial charge in [0.25, 0.3) is 0 Å². The van der Waals surface area contributed by atoms with E-state index in [1.807, 2.05) is 6.07 Å². The van der Waals surface area contributed by atoms with Crippen LogP contribution in [0.1, 0.15) is 15.9 Å². The van der Waals surface area contributed by atoms with Crippen molar-refractivity contribution >= 4 is 5.97 Å². The monoisotopic (exact) mass is 412 g/mol. The molecule has 8 nitrogen and oxygen atoms in total. The topological polar surface area (TPSA) is 140 Å². The molecule has 1 aliphatic rings. The number of hydrogen-bond acceptors (Lipinski definition) is 8. The van der Waals surface area contributed by atoms with Gasteiger partial charge in [-0.1, -0.05) is 30.3 Å². The van der Waals surface area contributed by atoms with E-state index in [1.54, 1.807) is 31.2 Å². The first kappa shape index (κ1) is 23.8. The maximum Gasteiger partial charge on any atom is 1.00 e. The van der Waals surface area contributed by atoms with Gasteiger partial charge in [-0.3, -0.25) is 0 Å². The molecule has 0 unspecified atom stereocenters. The van der Waals surface area contributed by atoms with Gasteiger partial charge in [-0.15, -0.1) is 0 Å². The summed E-state index contributed by atoms with van der Waals surface area (Å²) in [5.41, 5.74) is 2.41. The first-order valence-electron chi connectivity index (χ1n) is 8.71. The Morgan fingerprint density at radius 3 is 2.21 bits per heavy atom. The number of hydrogen-bond donors (Lipinski definition) is 4. The number of aromatic carboxylic acids is 1. The van der Waals surface area contributed by atoms with Crippen molar-refractivity contribution in [1.29, 1.82) is 0 Å². The Labute approximate surface area is 189 Å². The summed E-state index contributed by atoms with van der Waals surface area (Å²) in [4.78, 5) is 10.8. The number of aliphatic hydroxyl groups is 4. The first-order valence-corrected chi connectivity index (χ1v) is 8.71. The quantitative estimate of drug-likeness (QED) is 0.367. The summed E-state index contributed by atoms with van der Waals surface area (Å²) in [6.45, 7) is 1.24. The summed E-state index contributed by atoms with van der Waals surface area (Å²) < 4.78 is 11.0. The number of aryl methyl sites for hydroxylation is 1. The van der Waals surface area contributed by atoms with Crippen LogP contribution >= 0.6 is 0 Å². The van der Waals surface area contributed by atoms with Crippen LogP contribution in [0.2, 0.25) is 0 Å². The van der Waals surface area contributed by atoms with Crippen molar-refractivity contribution in [3.05, 3.63) is 53.6 Å². The van der Waals surface area contributed by atoms with Gasteiger partial charge in [-0.2, -0.15) is 0 Å². The van der Waals surface area contributed by atoms with E-state index in [9.17, 15) is 30.3 Å². The van der Waals surface area contributed by atoms with E-state index in [2.05, 4.69) is 0 Å². The molecule has 2 aromatic carbocycles. The Morgan fingerprint density at radius 1 is 1.03 bits per heavy atom. The molecule has 1 saturated heterocycles. The summed E-state index contributed by atoms with van der Waals surface area (Å²) in [7, 11) is 0. The minimum absolute atomic E-state index is 0. The fourth-order valence-electron chi connectivity index (χ4n) is 3.05. The minimum Gasteiger partial charge on any atom is -0.545 e. The van der Waals surface area contributed by atoms with Gasteiger partial charge in [0.1, 0.15) is 30.2 Å². The molecule has 1 heterocycles. The van der Waals surface area contributed by atoms with E-state index in [0.29, 0.717) is 11.3 Å². The van der Waals surface area contributed by atoms with Crippen molar-refractivity contribution in [1.82, 2.24) is 0 Å². The Hall–Kier alpha value is -1.49. The summed E-state index contributed by atoms with van der Waals surface area (Å²) >= 11 is 0. The van der Waals surface area contributed by atoms with Gasteiger partial charge in [0.05, 0.1) is 12.6 Å². The van der Waals surface area contributed by atoms with Gasteiger partial charge >= 0.3 is 29.6 Å². The van der Waals surface area contributed by atoms with Gasteiger partial charge in [-0.25, -0.2) is 0 Å². The number of benzene rings is 2. The normalized spacial score (nSPS) is 26.4. The molecule has 3 rings (SSSR count). The molecule has 0 bridgehead atoms. The van der Waals surface area contributed by atoms with Crippen LogP contribution in [0.15, 0.2) is 42.5 Å². The number of ether oxygens (including phenoxy) is 2. The number of carboxylic acid groups (broad SMARTS) is 1. The molecule has 1 fully saturated rings. The third-order valence-corrected chi connectivity index (χ3v) is 4.72. The Kier molecular flexibility index (Phi) is 8.21. The summed E-state index contributed by atoms with van der Waals surface area (Å²) in [5, 5.41) is 49.8. The second-order valence-electron chi connectivity index (χ2n) is 6.66. The van der Waals surface area contributed by atoms with Gasteiger partial charge in [0.2, 0.25) is 6.29 Å². The molecule has 29 heavy (non-hydrogen) atoms. The average molecular weight is 412 g/mol. The molecule has 0 saturated carbocycles. The zero-order chi connectivity index (χ0) is 20.4. The zero-order valence-corrected chi connectivity index (χ0v) is 18.1. The maximum atomic E-state index is 10.8. The predicted octanol–water partition coefficient (Wildman–Crippen LogP) is -3.79. The summed E-state index contributed by atoms with van der Waals surface area (Å²) in [6, 6.07) is 11.5. The molecule has 9 heteroatoms. The molecule has 5 atom stereocenters. The van der Waals surface area contributed by atoms with Crippen LogP contribution in [0.25, 0.3) is 11.1 Å². The second-order valence-corrected chi connectivity index (χ2v) is 6.66. The van der Waals surface area contributed by atoms with Gasteiger partial charge in [0.15, 0.2) is 0 Å². The van der Waals surface area contributed by atoms with Crippen molar-refractivity contribution in [3.8, 4) is 16.9 Å². The number of carbonyl (C=O) groups excluding carboxylic acids is 1. The summed E-state index contributed by atoms with van der Waals surface area (Å²) in [5.74, 6) is -0.856. The standard InChI is InChI=1S/C20H22O8.Na/c1-10-8-13(11-2-4-12(5-3-11)19(25)26)6-7-14(10)27-20-18(24)17(23)16(22)15(9-21)28-20;/h2-8,15-18,20-24H,9H2,1H3,(H,25,26);/q;+1/p-1/t15-,16-,17+,18+,20+;/m1./s1. The number of aliphatic hydroxyl groups excluding tert-OH is 4. The Bertz CT molecular complexity index is 839. The van der Waals surface area contributed by atoms with Gasteiger partial charge in [-0.05, 0) is 41.3 Å². The van der Waals surface area contributed by atoms with Gasteiger partial charge < -0.3 is 39.8 Å². The first-order chi connectivity index (χ1) is 13.3. The molecule has 0 aromatic heterocycles. The van der Waals surface area contributed by atoms with E-state index in [0.717, 1.165) is 11.1 Å². The fourth-order valence-corrected chi connectivity index (χ4v) is 3.05. The SMILES string of the molecule is Cc1cc(-c2ccc(C(=O)[O-])cc2)ccc1O[C@H]1O[C@H](CO)[C@@H](O)[C@H](O)[C@@H]1O.[Na+]. The molecule has 150 valence electrons. The molecule has 0 aliphatic carbocycles. The number of carbonyl (C=O) groups is 1. The van der Waals surface area contributed by atoms with E-state index < -0.39 is 43.3 Å². The Morgan fingerprint density at radius 2 is 1.66 bits per heavy atom. The van der Waals surface area contributed by atoms with Crippen molar-refractivity contribution in [2.45, 2.75) is 37.6 Å². The largest absolute Gasteiger partial charge is 1.00 e. The van der Waals surface area contributed by atoms with E-state index >= 15 is 0 Å². The van der Waals surface area contributed by atoms with E-state index in [1.165, 1.54) is 12.1 Å². The molecule has 0 radical (unpaired) electrons. The van der Waals surface area contributed by atoms with Crippen molar-refractivity contribution in [3.63, 3.8) is 0 Å². The fraction of sp³-hybridized carbons (Fsp3) is 0.350. The summed E-state index contributed by atoms with van der Waals surface area (Å²) in [6.07, 6.45) is -6.77. The third kappa shape index (κ3) is 5.17. The molecular weight excluding hydrogens is 391 g/mol. The van der Waals surface area contributed by atoms with Crippen LogP contribution in [0, 0.1) is 6.92 Å². The second kappa shape index (κ2) is 10.0. The molecule has 1 aliphatic heterocycles. The minimum atomic E-state index is -1.52. The van der Waals surface area contributed by atoms with Crippen LogP contribution in [-0.4, -0.2) is 63.7 Å².